The normalized spacial score (nSPS) is 17.2. The minimum Gasteiger partial charge on any atom is -0.472 e. The number of carbonyl (C=O) groups excluding carboxylic acids is 1. The monoisotopic (exact) mass is 443 g/mol. The number of para-hydroxylation sites is 2. The molecule has 0 saturated heterocycles. The number of Topliss-reactive ketones (excluding diaryl/α,β-unsaturated/α-hetero) is 1. The molecule has 32 heavy (non-hydrogen) atoms. The third kappa shape index (κ3) is 3.43. The fraction of sp³-hybridized carbons (Fsp3) is 0.148. The van der Waals surface area contributed by atoms with Crippen molar-refractivity contribution in [2.75, 3.05) is 0 Å². The molecular formula is C27H22FNO2S. The van der Waals surface area contributed by atoms with E-state index in [4.69, 9.17) is 4.74 Å². The van der Waals surface area contributed by atoms with Crippen molar-refractivity contribution < 1.29 is 13.9 Å². The van der Waals surface area contributed by atoms with Crippen LogP contribution < -0.4 is 4.74 Å². The maximum Gasteiger partial charge on any atom is 0.227 e. The van der Waals surface area contributed by atoms with E-state index in [-0.39, 0.29) is 11.6 Å². The van der Waals surface area contributed by atoms with Crippen molar-refractivity contribution in [2.45, 2.75) is 29.6 Å². The van der Waals surface area contributed by atoms with Gasteiger partial charge in [-0.2, -0.15) is 0 Å². The number of nitrogens with zero attached hydrogens (tertiary/aromatic N) is 1. The largest absolute Gasteiger partial charge is 0.472 e. The van der Waals surface area contributed by atoms with E-state index in [1.807, 2.05) is 84.4 Å². The Balaban J connectivity index is 1.49. The first-order valence-corrected chi connectivity index (χ1v) is 11.6. The van der Waals surface area contributed by atoms with E-state index in [1.165, 1.54) is 17.8 Å². The Morgan fingerprint density at radius 1 is 0.938 bits per heavy atom. The van der Waals surface area contributed by atoms with E-state index in [1.54, 1.807) is 12.1 Å². The zero-order valence-corrected chi connectivity index (χ0v) is 18.4. The van der Waals surface area contributed by atoms with Gasteiger partial charge in [-0.1, -0.05) is 55.5 Å². The summed E-state index contributed by atoms with van der Waals surface area (Å²) in [6.45, 7) is 1.97. The predicted molar refractivity (Wildman–Crippen MR) is 125 cm³/mol. The zero-order chi connectivity index (χ0) is 22.1. The molecular weight excluding hydrogens is 421 g/mol. The van der Waals surface area contributed by atoms with Crippen LogP contribution in [0.25, 0.3) is 5.69 Å². The maximum absolute atomic E-state index is 13.9. The van der Waals surface area contributed by atoms with Crippen LogP contribution in [0.15, 0.2) is 96.0 Å². The molecule has 0 N–H and O–H groups in total. The molecule has 3 aromatic carbocycles. The molecule has 0 spiro atoms. The lowest BCUT2D eigenvalue weighted by molar-refractivity contribution is 0.0424. The fourth-order valence-electron chi connectivity index (χ4n) is 4.18. The number of hydrogen-bond acceptors (Lipinski definition) is 3. The molecule has 5 rings (SSSR count). The highest BCUT2D eigenvalue weighted by molar-refractivity contribution is 7.98. The summed E-state index contributed by atoms with van der Waals surface area (Å²) in [5.41, 5.74) is 2.22. The second kappa shape index (κ2) is 8.32. The summed E-state index contributed by atoms with van der Waals surface area (Å²) in [7, 11) is 0. The van der Waals surface area contributed by atoms with Crippen LogP contribution in [-0.2, 0) is 11.4 Å². The molecule has 0 aliphatic carbocycles. The summed E-state index contributed by atoms with van der Waals surface area (Å²) in [5.74, 6) is 1.05. The van der Waals surface area contributed by atoms with E-state index in [0.717, 1.165) is 16.8 Å². The standard InChI is InChI=1S/C27H22FNO2S/c1-2-27(20-15-13-19(14-16-20)18-32-25-12-6-3-8-21(25)28)26(30)23-10-7-17-29(23)22-9-4-5-11-24(22)31-27/h3-17H,2,18H2,1H3. The number of benzene rings is 3. The molecule has 0 fully saturated rings. The first-order chi connectivity index (χ1) is 15.6. The minimum absolute atomic E-state index is 0.0605. The Bertz CT molecular complexity index is 1280. The predicted octanol–water partition coefficient (Wildman–Crippen LogP) is 6.79. The van der Waals surface area contributed by atoms with Gasteiger partial charge in [-0.05, 0) is 48.4 Å². The highest BCUT2D eigenvalue weighted by Gasteiger charge is 2.45. The van der Waals surface area contributed by atoms with E-state index in [2.05, 4.69) is 0 Å². The van der Waals surface area contributed by atoms with Gasteiger partial charge in [0.1, 0.15) is 11.6 Å². The van der Waals surface area contributed by atoms with Gasteiger partial charge in [0, 0.05) is 22.4 Å². The third-order valence-electron chi connectivity index (χ3n) is 5.91. The molecule has 4 aromatic rings. The smallest absolute Gasteiger partial charge is 0.227 e. The van der Waals surface area contributed by atoms with Crippen LogP contribution in [0.3, 0.4) is 0 Å². The van der Waals surface area contributed by atoms with Gasteiger partial charge in [0.25, 0.3) is 0 Å². The van der Waals surface area contributed by atoms with Crippen molar-refractivity contribution in [3.05, 3.63) is 114 Å². The lowest BCUT2D eigenvalue weighted by Crippen LogP contribution is -2.41. The van der Waals surface area contributed by atoms with Crippen molar-refractivity contribution in [1.29, 1.82) is 0 Å². The molecule has 1 unspecified atom stereocenters. The summed E-state index contributed by atoms with van der Waals surface area (Å²) in [4.78, 5) is 14.4. The molecule has 1 aliphatic heterocycles. The maximum atomic E-state index is 13.9. The van der Waals surface area contributed by atoms with E-state index in [0.29, 0.717) is 28.5 Å². The molecule has 0 saturated carbocycles. The summed E-state index contributed by atoms with van der Waals surface area (Å²) in [5, 5.41) is 0. The molecule has 0 bridgehead atoms. The molecule has 1 aliphatic rings. The van der Waals surface area contributed by atoms with E-state index < -0.39 is 5.60 Å². The zero-order valence-electron chi connectivity index (χ0n) is 17.6. The summed E-state index contributed by atoms with van der Waals surface area (Å²) in [6.07, 6.45) is 2.39. The molecule has 3 nitrogen and oxygen atoms in total. The molecule has 1 atom stereocenters. The van der Waals surface area contributed by atoms with Crippen LogP contribution in [-0.4, -0.2) is 10.4 Å². The van der Waals surface area contributed by atoms with Crippen LogP contribution in [0.2, 0.25) is 0 Å². The third-order valence-corrected chi connectivity index (χ3v) is 7.03. The van der Waals surface area contributed by atoms with Gasteiger partial charge in [0.15, 0.2) is 5.60 Å². The van der Waals surface area contributed by atoms with Gasteiger partial charge in [-0.25, -0.2) is 4.39 Å². The number of halogens is 1. The molecule has 0 amide bonds. The number of ketones is 1. The average Bonchev–Trinajstić information content (AvgIpc) is 3.29. The first kappa shape index (κ1) is 20.6. The molecule has 2 heterocycles. The van der Waals surface area contributed by atoms with Gasteiger partial charge < -0.3 is 9.30 Å². The van der Waals surface area contributed by atoms with Crippen LogP contribution in [0, 0.1) is 5.82 Å². The summed E-state index contributed by atoms with van der Waals surface area (Å²) in [6, 6.07) is 26.1. The SMILES string of the molecule is CCC1(c2ccc(CSc3ccccc3F)cc2)Oc2ccccc2-n2cccc2C1=O. The Hall–Kier alpha value is -3.31. The average molecular weight is 444 g/mol. The molecule has 0 radical (unpaired) electrons. The topological polar surface area (TPSA) is 31.2 Å². The number of hydrogen-bond donors (Lipinski definition) is 0. The van der Waals surface area contributed by atoms with E-state index >= 15 is 0 Å². The van der Waals surface area contributed by atoms with E-state index in [9.17, 15) is 9.18 Å². The van der Waals surface area contributed by atoms with Crippen molar-refractivity contribution >= 4 is 17.5 Å². The molecule has 1 aromatic heterocycles. The number of thioether (sulfide) groups is 1. The Morgan fingerprint density at radius 3 is 2.47 bits per heavy atom. The lowest BCUT2D eigenvalue weighted by Gasteiger charge is -2.31. The van der Waals surface area contributed by atoms with Crippen LogP contribution in [0.5, 0.6) is 5.75 Å². The highest BCUT2D eigenvalue weighted by atomic mass is 32.2. The van der Waals surface area contributed by atoms with Crippen molar-refractivity contribution in [3.8, 4) is 11.4 Å². The van der Waals surface area contributed by atoms with Crippen molar-refractivity contribution in [2.24, 2.45) is 0 Å². The fourth-order valence-corrected chi connectivity index (χ4v) is 5.07. The Labute approximate surface area is 190 Å². The highest BCUT2D eigenvalue weighted by Crippen LogP contribution is 2.41. The number of ether oxygens (including phenoxy) is 1. The van der Waals surface area contributed by atoms with Crippen LogP contribution in [0.4, 0.5) is 4.39 Å². The minimum atomic E-state index is -1.11. The second-order valence-corrected chi connectivity index (χ2v) is 8.78. The number of fused-ring (bicyclic) bond motifs is 3. The van der Waals surface area contributed by atoms with Crippen molar-refractivity contribution in [1.82, 2.24) is 4.57 Å². The molecule has 160 valence electrons. The number of carbonyl (C=O) groups is 1. The van der Waals surface area contributed by atoms with Gasteiger partial charge in [-0.3, -0.25) is 4.79 Å². The summed E-state index contributed by atoms with van der Waals surface area (Å²) < 4.78 is 22.3. The van der Waals surface area contributed by atoms with Crippen molar-refractivity contribution in [3.63, 3.8) is 0 Å². The Morgan fingerprint density at radius 2 is 1.69 bits per heavy atom. The quantitative estimate of drug-likeness (QED) is 0.318. The number of rotatable bonds is 5. The van der Waals surface area contributed by atoms with Gasteiger partial charge in [0.05, 0.1) is 11.4 Å². The summed E-state index contributed by atoms with van der Waals surface area (Å²) >= 11 is 1.46. The Kier molecular flexibility index (Phi) is 5.35. The molecule has 5 heteroatoms. The first-order valence-electron chi connectivity index (χ1n) is 10.6. The van der Waals surface area contributed by atoms with Crippen LogP contribution in [0.1, 0.15) is 35.0 Å². The van der Waals surface area contributed by atoms with Gasteiger partial charge in [0.2, 0.25) is 5.78 Å². The van der Waals surface area contributed by atoms with Gasteiger partial charge >= 0.3 is 0 Å². The number of aromatic nitrogens is 1. The van der Waals surface area contributed by atoms with Gasteiger partial charge in [-0.15, -0.1) is 11.8 Å². The lowest BCUT2D eigenvalue weighted by atomic mass is 9.84. The van der Waals surface area contributed by atoms with Crippen LogP contribution >= 0.6 is 11.8 Å². The second-order valence-electron chi connectivity index (χ2n) is 7.76.